The Morgan fingerprint density at radius 1 is 0.644 bits per heavy atom. The lowest BCUT2D eigenvalue weighted by Gasteiger charge is -2.09. The Hall–Kier alpha value is -5.02. The molecule has 224 valence electrons. The monoisotopic (exact) mass is 588 g/mol. The molecule has 1 aliphatic rings. The van der Waals surface area contributed by atoms with Crippen LogP contribution in [0.4, 0.5) is 0 Å². The molecule has 0 saturated carbocycles. The Balaban J connectivity index is 0.000000164. The van der Waals surface area contributed by atoms with Crippen LogP contribution in [0, 0.1) is 0 Å². The molecular weight excluding hydrogens is 546 g/mol. The van der Waals surface area contributed by atoms with Crippen LogP contribution in [0.15, 0.2) is 146 Å². The van der Waals surface area contributed by atoms with E-state index in [1.54, 1.807) is 0 Å². The van der Waals surface area contributed by atoms with E-state index in [0.717, 1.165) is 11.3 Å². The van der Waals surface area contributed by atoms with Crippen LogP contribution in [-0.2, 0) is 0 Å². The van der Waals surface area contributed by atoms with Crippen molar-refractivity contribution in [3.63, 3.8) is 0 Å². The third-order valence-electron chi connectivity index (χ3n) is 8.60. The number of hydrogen-bond acceptors (Lipinski definition) is 1. The number of benzene rings is 4. The molecule has 3 aromatic heterocycles. The molecule has 0 amide bonds. The normalized spacial score (nSPS) is 12.9. The van der Waals surface area contributed by atoms with Crippen LogP contribution in [0.5, 0.6) is 0 Å². The van der Waals surface area contributed by atoms with Gasteiger partial charge < -0.3 is 4.57 Å². The lowest BCUT2D eigenvalue weighted by molar-refractivity contribution is -0.694. The van der Waals surface area contributed by atoms with Crippen LogP contribution in [0.2, 0.25) is 0 Å². The summed E-state index contributed by atoms with van der Waals surface area (Å²) in [6.45, 7) is 6.74. The number of para-hydroxylation sites is 2. The van der Waals surface area contributed by atoms with Crippen LogP contribution in [-0.4, -0.2) is 9.55 Å². The van der Waals surface area contributed by atoms with Crippen molar-refractivity contribution in [2.75, 3.05) is 0 Å². The Bertz CT molecular complexity index is 1900. The van der Waals surface area contributed by atoms with E-state index in [1.807, 2.05) is 42.6 Å². The summed E-state index contributed by atoms with van der Waals surface area (Å²) in [6, 6.07) is 47.2. The van der Waals surface area contributed by atoms with Gasteiger partial charge in [0.1, 0.15) is 0 Å². The summed E-state index contributed by atoms with van der Waals surface area (Å²) < 4.78 is 4.75. The SMILES string of the molecule is CC1c2ccc(-n3c4ccccc4c4ccccc43)cc2-c2cccc[n+]21.CCCCCC.c1ccc(-c2ccccn2)cc1. The molecule has 1 unspecified atom stereocenters. The maximum Gasteiger partial charge on any atom is 0.213 e. The molecule has 0 aliphatic carbocycles. The van der Waals surface area contributed by atoms with E-state index in [-0.39, 0.29) is 0 Å². The van der Waals surface area contributed by atoms with Crippen molar-refractivity contribution in [1.82, 2.24) is 9.55 Å². The molecule has 0 fully saturated rings. The van der Waals surface area contributed by atoms with Gasteiger partial charge in [-0.15, -0.1) is 0 Å². The molecule has 0 spiro atoms. The molecule has 4 aromatic carbocycles. The molecule has 0 radical (unpaired) electrons. The minimum absolute atomic E-state index is 0.378. The highest BCUT2D eigenvalue weighted by atomic mass is 15.0. The Kier molecular flexibility index (Phi) is 9.46. The van der Waals surface area contributed by atoms with E-state index in [4.69, 9.17) is 0 Å². The first-order valence-electron chi connectivity index (χ1n) is 16.3. The Labute approximate surface area is 267 Å². The van der Waals surface area contributed by atoms with Gasteiger partial charge in [-0.2, -0.15) is 4.57 Å². The number of aromatic nitrogens is 3. The zero-order valence-electron chi connectivity index (χ0n) is 26.6. The topological polar surface area (TPSA) is 21.7 Å². The summed E-state index contributed by atoms with van der Waals surface area (Å²) in [6.07, 6.45) is 9.52. The van der Waals surface area contributed by atoms with Gasteiger partial charge >= 0.3 is 0 Å². The van der Waals surface area contributed by atoms with Gasteiger partial charge in [-0.25, -0.2) is 0 Å². The van der Waals surface area contributed by atoms with Crippen LogP contribution in [0.3, 0.4) is 0 Å². The lowest BCUT2D eigenvalue weighted by Crippen LogP contribution is -2.35. The third-order valence-corrected chi connectivity index (χ3v) is 8.60. The quantitative estimate of drug-likeness (QED) is 0.145. The average Bonchev–Trinajstić information content (AvgIpc) is 3.60. The van der Waals surface area contributed by atoms with Crippen molar-refractivity contribution < 1.29 is 4.57 Å². The Morgan fingerprint density at radius 2 is 1.27 bits per heavy atom. The second-order valence-corrected chi connectivity index (χ2v) is 11.6. The largest absolute Gasteiger partial charge is 0.309 e. The minimum Gasteiger partial charge on any atom is -0.309 e. The molecule has 3 heteroatoms. The molecule has 45 heavy (non-hydrogen) atoms. The third kappa shape index (κ3) is 6.30. The molecular formula is C42H42N3+. The average molecular weight is 589 g/mol. The first-order chi connectivity index (χ1) is 22.2. The fourth-order valence-electron chi connectivity index (χ4n) is 6.28. The molecule has 0 saturated heterocycles. The Morgan fingerprint density at radius 3 is 1.91 bits per heavy atom. The highest BCUT2D eigenvalue weighted by molar-refractivity contribution is 6.09. The van der Waals surface area contributed by atoms with Crippen molar-refractivity contribution >= 4 is 21.8 Å². The smallest absolute Gasteiger partial charge is 0.213 e. The summed E-state index contributed by atoms with van der Waals surface area (Å²) in [4.78, 5) is 4.25. The number of pyridine rings is 2. The fourth-order valence-corrected chi connectivity index (χ4v) is 6.28. The summed E-state index contributed by atoms with van der Waals surface area (Å²) in [5, 5.41) is 2.61. The molecule has 1 aliphatic heterocycles. The molecule has 3 nitrogen and oxygen atoms in total. The summed E-state index contributed by atoms with van der Waals surface area (Å²) >= 11 is 0. The van der Waals surface area contributed by atoms with Gasteiger partial charge in [0, 0.05) is 52.8 Å². The van der Waals surface area contributed by atoms with Gasteiger partial charge in [0.05, 0.1) is 22.3 Å². The molecule has 0 N–H and O–H groups in total. The predicted molar refractivity (Wildman–Crippen MR) is 190 cm³/mol. The maximum absolute atomic E-state index is 4.25. The van der Waals surface area contributed by atoms with Crippen molar-refractivity contribution in [1.29, 1.82) is 0 Å². The standard InChI is InChI=1S/C25H19N2.C11H9N.C6H14/c1-17-19-14-13-18(16-22(19)23-10-6-7-15-26(17)23)27-24-11-4-2-8-20(24)21-9-3-5-12-25(21)27;1-2-6-10(7-3-1)11-8-4-5-9-12-11;1-3-5-6-4-2/h2-17H,1H3;1-9H;3-6H2,1-2H3/q+1;;. The number of nitrogens with zero attached hydrogens (tertiary/aromatic N) is 3. The summed E-state index contributed by atoms with van der Waals surface area (Å²) in [5.41, 5.74) is 9.94. The number of rotatable bonds is 5. The van der Waals surface area contributed by atoms with Gasteiger partial charge in [-0.3, -0.25) is 4.98 Å². The second kappa shape index (κ2) is 14.2. The van der Waals surface area contributed by atoms with Crippen LogP contribution in [0.1, 0.15) is 58.1 Å². The molecule has 4 heterocycles. The number of fused-ring (bicyclic) bond motifs is 6. The second-order valence-electron chi connectivity index (χ2n) is 11.6. The predicted octanol–water partition coefficient (Wildman–Crippen LogP) is 11.0. The van der Waals surface area contributed by atoms with E-state index in [2.05, 4.69) is 138 Å². The highest BCUT2D eigenvalue weighted by Crippen LogP contribution is 2.37. The van der Waals surface area contributed by atoms with Crippen molar-refractivity contribution in [2.45, 2.75) is 52.5 Å². The lowest BCUT2D eigenvalue weighted by atomic mass is 10.0. The van der Waals surface area contributed by atoms with E-state index < -0.39 is 0 Å². The van der Waals surface area contributed by atoms with E-state index >= 15 is 0 Å². The van der Waals surface area contributed by atoms with Crippen LogP contribution >= 0.6 is 0 Å². The van der Waals surface area contributed by atoms with Gasteiger partial charge in [0.25, 0.3) is 0 Å². The zero-order valence-corrected chi connectivity index (χ0v) is 26.6. The molecule has 8 rings (SSSR count). The molecule has 7 aromatic rings. The zero-order chi connectivity index (χ0) is 31.0. The van der Waals surface area contributed by atoms with Crippen molar-refractivity contribution in [2.24, 2.45) is 0 Å². The van der Waals surface area contributed by atoms with Gasteiger partial charge in [0.2, 0.25) is 5.69 Å². The van der Waals surface area contributed by atoms with E-state index in [9.17, 15) is 0 Å². The first kappa shape index (κ1) is 30.0. The molecule has 1 atom stereocenters. The minimum atomic E-state index is 0.378. The van der Waals surface area contributed by atoms with Crippen LogP contribution < -0.4 is 4.57 Å². The summed E-state index contributed by atoms with van der Waals surface area (Å²) in [5.74, 6) is 0. The number of unbranched alkanes of at least 4 members (excludes halogenated alkanes) is 3. The number of hydrogen-bond donors (Lipinski definition) is 0. The first-order valence-corrected chi connectivity index (χ1v) is 16.3. The summed E-state index contributed by atoms with van der Waals surface area (Å²) in [7, 11) is 0. The van der Waals surface area contributed by atoms with Gasteiger partial charge in [-0.05, 0) is 48.5 Å². The molecule has 0 bridgehead atoms. The van der Waals surface area contributed by atoms with Crippen LogP contribution in [0.25, 0.3) is 50.0 Å². The van der Waals surface area contributed by atoms with Gasteiger partial charge in [0.15, 0.2) is 12.2 Å². The van der Waals surface area contributed by atoms with Crippen molar-refractivity contribution in [3.8, 4) is 28.2 Å². The highest BCUT2D eigenvalue weighted by Gasteiger charge is 2.32. The van der Waals surface area contributed by atoms with Gasteiger partial charge in [-0.1, -0.05) is 112 Å². The van der Waals surface area contributed by atoms with E-state index in [0.29, 0.717) is 6.04 Å². The van der Waals surface area contributed by atoms with E-state index in [1.165, 1.54) is 70.0 Å². The fraction of sp³-hybridized carbons (Fsp3) is 0.190. The maximum atomic E-state index is 4.25. The van der Waals surface area contributed by atoms with Crippen molar-refractivity contribution in [3.05, 3.63) is 151 Å².